The first-order valence-corrected chi connectivity index (χ1v) is 10.3. The van der Waals surface area contributed by atoms with Crippen molar-refractivity contribution in [3.05, 3.63) is 34.1 Å². The second kappa shape index (κ2) is 9.98. The van der Waals surface area contributed by atoms with Crippen molar-refractivity contribution in [2.75, 3.05) is 38.1 Å². The molecule has 0 aliphatic carbocycles. The third-order valence-electron chi connectivity index (χ3n) is 4.17. The monoisotopic (exact) mass is 451 g/mol. The zero-order valence-corrected chi connectivity index (χ0v) is 18.6. The van der Waals surface area contributed by atoms with E-state index >= 15 is 0 Å². The number of hydrogen-bond donors (Lipinski definition) is 2. The molecule has 0 aromatic carbocycles. The van der Waals surface area contributed by atoms with Gasteiger partial charge in [-0.15, -0.1) is 0 Å². The molecule has 0 saturated heterocycles. The van der Waals surface area contributed by atoms with E-state index in [0.29, 0.717) is 30.1 Å². The lowest BCUT2D eigenvalue weighted by atomic mass is 10.1. The van der Waals surface area contributed by atoms with Crippen LogP contribution in [0.15, 0.2) is 18.5 Å². The Balaban J connectivity index is 1.76. The smallest absolute Gasteiger partial charge is 0.323 e. The van der Waals surface area contributed by atoms with Crippen LogP contribution in [0.1, 0.15) is 23.6 Å². The lowest BCUT2D eigenvalue weighted by Crippen LogP contribution is -2.21. The number of urea groups is 1. The van der Waals surface area contributed by atoms with Gasteiger partial charge in [0.15, 0.2) is 0 Å². The fraction of sp³-hybridized carbons (Fsp3) is 0.368. The van der Waals surface area contributed by atoms with Crippen LogP contribution in [0.3, 0.4) is 0 Å². The van der Waals surface area contributed by atoms with E-state index in [1.807, 2.05) is 13.8 Å². The summed E-state index contributed by atoms with van der Waals surface area (Å²) in [5.74, 6) is 0.268. The number of carbonyl (C=O) groups is 1. The number of aromatic nitrogens is 3. The van der Waals surface area contributed by atoms with Crippen LogP contribution >= 0.6 is 22.9 Å². The number of fused-ring (bicyclic) bond motifs is 1. The molecule has 0 radical (unpaired) electrons. The van der Waals surface area contributed by atoms with Crippen LogP contribution in [0.5, 0.6) is 5.88 Å². The molecule has 160 valence electrons. The zero-order chi connectivity index (χ0) is 21.7. The van der Waals surface area contributed by atoms with Crippen LogP contribution in [0.4, 0.5) is 16.2 Å². The first-order chi connectivity index (χ1) is 14.4. The third-order valence-corrected chi connectivity index (χ3v) is 5.32. The molecule has 3 aromatic heterocycles. The third kappa shape index (κ3) is 5.14. The molecule has 3 rings (SSSR count). The van der Waals surface area contributed by atoms with E-state index in [0.717, 1.165) is 15.4 Å². The summed E-state index contributed by atoms with van der Waals surface area (Å²) in [4.78, 5) is 26.4. The fourth-order valence-corrected chi connectivity index (χ4v) is 3.73. The molecule has 3 aromatic rings. The van der Waals surface area contributed by atoms with Gasteiger partial charge < -0.3 is 24.8 Å². The molecule has 0 saturated carbocycles. The maximum absolute atomic E-state index is 12.6. The topological polar surface area (TPSA) is 107 Å². The van der Waals surface area contributed by atoms with Gasteiger partial charge in [0.05, 0.1) is 41.5 Å². The summed E-state index contributed by atoms with van der Waals surface area (Å²) in [5.41, 5.74) is 2.40. The Labute approximate surface area is 182 Å². The number of hydrogen-bond acceptors (Lipinski definition) is 8. The normalized spacial score (nSPS) is 12.0. The summed E-state index contributed by atoms with van der Waals surface area (Å²) in [6.07, 6.45) is 2.77. The van der Waals surface area contributed by atoms with Gasteiger partial charge in [-0.2, -0.15) is 0 Å². The SMILES string of the molecule is COCCOc1ncc(NC(=O)Nc2cnc3sc(C)nc3c2C(C)OC)cc1Cl. The molecule has 1 unspecified atom stereocenters. The van der Waals surface area contributed by atoms with Gasteiger partial charge in [-0.3, -0.25) is 0 Å². The van der Waals surface area contributed by atoms with Gasteiger partial charge in [-0.05, 0) is 19.9 Å². The van der Waals surface area contributed by atoms with Gasteiger partial charge in [-0.25, -0.2) is 19.7 Å². The summed E-state index contributed by atoms with van der Waals surface area (Å²) >= 11 is 7.66. The van der Waals surface area contributed by atoms with Crippen molar-refractivity contribution < 1.29 is 19.0 Å². The van der Waals surface area contributed by atoms with E-state index in [1.54, 1.807) is 26.5 Å². The van der Waals surface area contributed by atoms with Gasteiger partial charge in [0.1, 0.15) is 22.0 Å². The number of amides is 2. The molecule has 9 nitrogen and oxygen atoms in total. The van der Waals surface area contributed by atoms with Crippen molar-refractivity contribution in [1.82, 2.24) is 15.0 Å². The number of nitrogens with one attached hydrogen (secondary N) is 2. The molecule has 0 aliphatic rings. The molecule has 0 spiro atoms. The zero-order valence-electron chi connectivity index (χ0n) is 17.0. The highest BCUT2D eigenvalue weighted by Gasteiger charge is 2.20. The van der Waals surface area contributed by atoms with Crippen LogP contribution in [0.25, 0.3) is 10.3 Å². The first-order valence-electron chi connectivity index (χ1n) is 9.07. The Bertz CT molecular complexity index is 1050. The minimum absolute atomic E-state index is 0.268. The molecular formula is C19H22ClN5O4S. The average Bonchev–Trinajstić information content (AvgIpc) is 3.09. The van der Waals surface area contributed by atoms with Gasteiger partial charge in [0.2, 0.25) is 5.88 Å². The summed E-state index contributed by atoms with van der Waals surface area (Å²) in [6.45, 7) is 4.54. The van der Waals surface area contributed by atoms with Crippen LogP contribution in [-0.2, 0) is 9.47 Å². The second-order valence-corrected chi connectivity index (χ2v) is 7.87. The van der Waals surface area contributed by atoms with Crippen LogP contribution < -0.4 is 15.4 Å². The number of methoxy groups -OCH3 is 2. The van der Waals surface area contributed by atoms with E-state index in [9.17, 15) is 4.79 Å². The minimum Gasteiger partial charge on any atom is -0.474 e. The summed E-state index contributed by atoms with van der Waals surface area (Å²) in [6, 6.07) is 1.08. The van der Waals surface area contributed by atoms with Crippen molar-refractivity contribution in [2.24, 2.45) is 0 Å². The predicted octanol–water partition coefficient (Wildman–Crippen LogP) is 4.42. The maximum Gasteiger partial charge on any atom is 0.323 e. The Morgan fingerprint density at radius 2 is 2.03 bits per heavy atom. The van der Waals surface area contributed by atoms with E-state index in [1.165, 1.54) is 17.5 Å². The van der Waals surface area contributed by atoms with Gasteiger partial charge >= 0.3 is 6.03 Å². The number of anilines is 2. The molecule has 30 heavy (non-hydrogen) atoms. The lowest BCUT2D eigenvalue weighted by molar-refractivity contribution is 0.121. The number of thiazole rings is 1. The summed E-state index contributed by atoms with van der Waals surface area (Å²) in [7, 11) is 3.18. The molecule has 0 bridgehead atoms. The minimum atomic E-state index is -0.474. The number of ether oxygens (including phenoxy) is 3. The Morgan fingerprint density at radius 1 is 1.23 bits per heavy atom. The molecule has 0 fully saturated rings. The van der Waals surface area contributed by atoms with Crippen molar-refractivity contribution in [3.8, 4) is 5.88 Å². The van der Waals surface area contributed by atoms with Crippen molar-refractivity contribution in [1.29, 1.82) is 0 Å². The van der Waals surface area contributed by atoms with Crippen LogP contribution in [-0.4, -0.2) is 48.4 Å². The molecule has 11 heteroatoms. The number of halogens is 1. The van der Waals surface area contributed by atoms with E-state index in [-0.39, 0.29) is 17.0 Å². The second-order valence-electron chi connectivity index (χ2n) is 6.28. The lowest BCUT2D eigenvalue weighted by Gasteiger charge is -2.16. The Kier molecular flexibility index (Phi) is 7.38. The fourth-order valence-electron chi connectivity index (χ4n) is 2.73. The maximum atomic E-state index is 12.6. The molecule has 2 amide bonds. The number of nitrogens with zero attached hydrogens (tertiary/aromatic N) is 3. The van der Waals surface area contributed by atoms with Crippen molar-refractivity contribution >= 4 is 50.7 Å². The predicted molar refractivity (Wildman–Crippen MR) is 117 cm³/mol. The number of aryl methyl sites for hydroxylation is 1. The largest absolute Gasteiger partial charge is 0.474 e. The Morgan fingerprint density at radius 3 is 2.73 bits per heavy atom. The highest BCUT2D eigenvalue weighted by atomic mass is 35.5. The van der Waals surface area contributed by atoms with Crippen LogP contribution in [0, 0.1) is 6.92 Å². The Hall–Kier alpha value is -2.53. The number of rotatable bonds is 8. The van der Waals surface area contributed by atoms with E-state index in [2.05, 4.69) is 25.6 Å². The first kappa shape index (κ1) is 22.2. The highest BCUT2D eigenvalue weighted by Crippen LogP contribution is 2.33. The van der Waals surface area contributed by atoms with E-state index in [4.69, 9.17) is 25.8 Å². The number of carbonyl (C=O) groups excluding carboxylic acids is 1. The molecule has 0 aliphatic heterocycles. The van der Waals surface area contributed by atoms with Crippen LogP contribution in [0.2, 0.25) is 5.02 Å². The highest BCUT2D eigenvalue weighted by molar-refractivity contribution is 7.18. The van der Waals surface area contributed by atoms with Gasteiger partial charge in [-0.1, -0.05) is 22.9 Å². The quantitative estimate of drug-likeness (QED) is 0.488. The molecule has 2 N–H and O–H groups in total. The molecule has 1 atom stereocenters. The van der Waals surface area contributed by atoms with Crippen molar-refractivity contribution in [3.63, 3.8) is 0 Å². The standard InChI is InChI=1S/C19H22ClN5O4S/c1-10(28-4)15-14(9-22-18-16(15)23-11(2)30-18)25-19(26)24-12-7-13(20)17(21-8-12)29-6-5-27-3/h7-10H,5-6H2,1-4H3,(H2,24,25,26). The number of pyridine rings is 2. The molecule has 3 heterocycles. The van der Waals surface area contributed by atoms with E-state index < -0.39 is 6.03 Å². The summed E-state index contributed by atoms with van der Waals surface area (Å²) in [5, 5.41) is 6.67. The summed E-state index contributed by atoms with van der Waals surface area (Å²) < 4.78 is 15.8. The van der Waals surface area contributed by atoms with Crippen molar-refractivity contribution in [2.45, 2.75) is 20.0 Å². The average molecular weight is 452 g/mol. The van der Waals surface area contributed by atoms with Gasteiger partial charge in [0.25, 0.3) is 0 Å². The van der Waals surface area contributed by atoms with Gasteiger partial charge in [0, 0.05) is 19.8 Å². The molecular weight excluding hydrogens is 430 g/mol.